The van der Waals surface area contributed by atoms with Gasteiger partial charge in [0.05, 0.1) is 12.5 Å². The second kappa shape index (κ2) is 3.18. The number of benzene rings is 1. The lowest BCUT2D eigenvalue weighted by Gasteiger charge is -2.00. The molecular weight excluding hydrogens is 164 g/mol. The first kappa shape index (κ1) is 8.47. The van der Waals surface area contributed by atoms with E-state index in [9.17, 15) is 8.78 Å². The third kappa shape index (κ3) is 1.51. The molecule has 1 aromatic carbocycles. The van der Waals surface area contributed by atoms with Gasteiger partial charge in [-0.25, -0.2) is 8.78 Å². The minimum Gasteiger partial charge on any atom is -0.507 e. The molecule has 0 spiro atoms. The van der Waals surface area contributed by atoms with Gasteiger partial charge in [0.15, 0.2) is 0 Å². The Balaban J connectivity index is 3.21. The molecule has 4 heteroatoms. The fourth-order valence-electron chi connectivity index (χ4n) is 0.844. The molecule has 0 aliphatic rings. The van der Waals surface area contributed by atoms with Crippen molar-refractivity contribution in [1.82, 2.24) is 0 Å². The molecule has 0 unspecified atom stereocenters. The standard InChI is InChI=1S/C8H5F2NO/c9-5-3-7(10)6(1-2-11)8(12)4-5/h3-4,12H,1H2. The van der Waals surface area contributed by atoms with Gasteiger partial charge in [-0.3, -0.25) is 0 Å². The van der Waals surface area contributed by atoms with Crippen molar-refractivity contribution in [3.63, 3.8) is 0 Å². The maximum atomic E-state index is 12.7. The van der Waals surface area contributed by atoms with Crippen molar-refractivity contribution in [1.29, 1.82) is 5.26 Å². The first-order chi connectivity index (χ1) is 5.65. The number of halogens is 2. The summed E-state index contributed by atoms with van der Waals surface area (Å²) in [5, 5.41) is 17.2. The number of rotatable bonds is 1. The molecule has 0 atom stereocenters. The predicted molar refractivity (Wildman–Crippen MR) is 37.3 cm³/mol. The molecule has 0 aromatic heterocycles. The monoisotopic (exact) mass is 169 g/mol. The van der Waals surface area contributed by atoms with Crippen molar-refractivity contribution in [3.8, 4) is 11.8 Å². The Bertz CT molecular complexity index is 320. The fraction of sp³-hybridized carbons (Fsp3) is 0.125. The van der Waals surface area contributed by atoms with Gasteiger partial charge in [0.25, 0.3) is 0 Å². The van der Waals surface area contributed by atoms with Crippen LogP contribution in [0, 0.1) is 23.0 Å². The first-order valence-corrected chi connectivity index (χ1v) is 3.19. The molecular formula is C8H5F2NO. The van der Waals surface area contributed by atoms with Gasteiger partial charge in [0.1, 0.15) is 17.4 Å². The zero-order valence-electron chi connectivity index (χ0n) is 6.01. The molecule has 2 nitrogen and oxygen atoms in total. The smallest absolute Gasteiger partial charge is 0.134 e. The summed E-state index contributed by atoms with van der Waals surface area (Å²) in [6.45, 7) is 0. The Hall–Kier alpha value is -1.63. The lowest BCUT2D eigenvalue weighted by molar-refractivity contribution is 0.452. The minimum absolute atomic E-state index is 0.168. The normalized spacial score (nSPS) is 9.42. The van der Waals surface area contributed by atoms with Crippen molar-refractivity contribution >= 4 is 0 Å². The third-order valence-electron chi connectivity index (χ3n) is 1.39. The predicted octanol–water partition coefficient (Wildman–Crippen LogP) is 1.74. The molecule has 0 saturated heterocycles. The highest BCUT2D eigenvalue weighted by Crippen LogP contribution is 2.21. The molecule has 62 valence electrons. The molecule has 1 rings (SSSR count). The van der Waals surface area contributed by atoms with Crippen LogP contribution < -0.4 is 0 Å². The molecule has 0 aliphatic carbocycles. The molecule has 0 fully saturated rings. The summed E-state index contributed by atoms with van der Waals surface area (Å²) in [4.78, 5) is 0. The van der Waals surface area contributed by atoms with Crippen LogP contribution in [0.15, 0.2) is 12.1 Å². The summed E-state index contributed by atoms with van der Waals surface area (Å²) in [7, 11) is 0. The van der Waals surface area contributed by atoms with E-state index in [0.717, 1.165) is 6.07 Å². The van der Waals surface area contributed by atoms with Crippen LogP contribution in [0.1, 0.15) is 5.56 Å². The van der Waals surface area contributed by atoms with Crippen molar-refractivity contribution < 1.29 is 13.9 Å². The van der Waals surface area contributed by atoms with Gasteiger partial charge in [-0.15, -0.1) is 0 Å². The number of nitriles is 1. The van der Waals surface area contributed by atoms with Crippen LogP contribution >= 0.6 is 0 Å². The van der Waals surface area contributed by atoms with E-state index in [0.29, 0.717) is 6.07 Å². The molecule has 0 radical (unpaired) electrons. The maximum Gasteiger partial charge on any atom is 0.134 e. The highest BCUT2D eigenvalue weighted by atomic mass is 19.1. The quantitative estimate of drug-likeness (QED) is 0.695. The topological polar surface area (TPSA) is 44.0 Å². The SMILES string of the molecule is N#CCc1c(O)cc(F)cc1F. The molecule has 12 heavy (non-hydrogen) atoms. The van der Waals surface area contributed by atoms with E-state index in [1.807, 2.05) is 0 Å². The van der Waals surface area contributed by atoms with Crippen molar-refractivity contribution in [3.05, 3.63) is 29.3 Å². The Labute approximate surface area is 67.7 Å². The van der Waals surface area contributed by atoms with Gasteiger partial charge in [-0.05, 0) is 0 Å². The Morgan fingerprint density at radius 3 is 2.58 bits per heavy atom. The van der Waals surface area contributed by atoms with Crippen LogP contribution in [-0.2, 0) is 6.42 Å². The number of hydrogen-bond acceptors (Lipinski definition) is 2. The second-order valence-corrected chi connectivity index (χ2v) is 2.22. The second-order valence-electron chi connectivity index (χ2n) is 2.22. The number of phenols is 1. The Morgan fingerprint density at radius 2 is 2.08 bits per heavy atom. The summed E-state index contributed by atoms with van der Waals surface area (Å²) >= 11 is 0. The van der Waals surface area contributed by atoms with E-state index in [1.54, 1.807) is 6.07 Å². The van der Waals surface area contributed by atoms with E-state index < -0.39 is 17.4 Å². The van der Waals surface area contributed by atoms with Crippen LogP contribution in [0.3, 0.4) is 0 Å². The largest absolute Gasteiger partial charge is 0.507 e. The number of phenolic OH excluding ortho intramolecular Hbond substituents is 1. The summed E-state index contributed by atoms with van der Waals surface area (Å²) < 4.78 is 25.1. The van der Waals surface area contributed by atoms with E-state index in [1.165, 1.54) is 0 Å². The Kier molecular flexibility index (Phi) is 2.24. The highest BCUT2D eigenvalue weighted by Gasteiger charge is 2.09. The molecule has 0 saturated carbocycles. The number of nitrogens with zero attached hydrogens (tertiary/aromatic N) is 1. The van der Waals surface area contributed by atoms with Crippen LogP contribution in [-0.4, -0.2) is 5.11 Å². The lowest BCUT2D eigenvalue weighted by Crippen LogP contribution is -1.91. The minimum atomic E-state index is -0.894. The van der Waals surface area contributed by atoms with Gasteiger partial charge < -0.3 is 5.11 Å². The van der Waals surface area contributed by atoms with Gasteiger partial charge in [0, 0.05) is 17.7 Å². The molecule has 0 bridgehead atoms. The van der Waals surface area contributed by atoms with E-state index in [-0.39, 0.29) is 12.0 Å². The van der Waals surface area contributed by atoms with Crippen molar-refractivity contribution in [2.24, 2.45) is 0 Å². The zero-order chi connectivity index (χ0) is 9.14. The molecule has 0 heterocycles. The van der Waals surface area contributed by atoms with Gasteiger partial charge in [-0.2, -0.15) is 5.26 Å². The van der Waals surface area contributed by atoms with Crippen LogP contribution in [0.25, 0.3) is 0 Å². The number of hydrogen-bond donors (Lipinski definition) is 1. The number of aromatic hydroxyl groups is 1. The summed E-state index contributed by atoms with van der Waals surface area (Å²) in [6, 6.07) is 3.07. The van der Waals surface area contributed by atoms with Gasteiger partial charge >= 0.3 is 0 Å². The highest BCUT2D eigenvalue weighted by molar-refractivity contribution is 5.35. The lowest BCUT2D eigenvalue weighted by atomic mass is 10.1. The molecule has 0 aliphatic heterocycles. The maximum absolute atomic E-state index is 12.7. The first-order valence-electron chi connectivity index (χ1n) is 3.19. The average molecular weight is 169 g/mol. The van der Waals surface area contributed by atoms with Crippen LogP contribution in [0.2, 0.25) is 0 Å². The molecule has 1 aromatic rings. The van der Waals surface area contributed by atoms with Gasteiger partial charge in [-0.1, -0.05) is 0 Å². The molecule has 0 amide bonds. The van der Waals surface area contributed by atoms with E-state index in [4.69, 9.17) is 10.4 Å². The van der Waals surface area contributed by atoms with E-state index >= 15 is 0 Å². The summed E-state index contributed by atoms with van der Waals surface area (Å²) in [5.41, 5.74) is -0.168. The third-order valence-corrected chi connectivity index (χ3v) is 1.39. The van der Waals surface area contributed by atoms with Crippen molar-refractivity contribution in [2.45, 2.75) is 6.42 Å². The fourth-order valence-corrected chi connectivity index (χ4v) is 0.844. The van der Waals surface area contributed by atoms with Crippen molar-refractivity contribution in [2.75, 3.05) is 0 Å². The Morgan fingerprint density at radius 1 is 1.42 bits per heavy atom. The summed E-state index contributed by atoms with van der Waals surface area (Å²) in [5.74, 6) is -2.27. The van der Waals surface area contributed by atoms with E-state index in [2.05, 4.69) is 0 Å². The van der Waals surface area contributed by atoms with Crippen LogP contribution in [0.4, 0.5) is 8.78 Å². The molecule has 1 N–H and O–H groups in total. The zero-order valence-corrected chi connectivity index (χ0v) is 6.01. The summed E-state index contributed by atoms with van der Waals surface area (Å²) in [6.07, 6.45) is -0.266. The van der Waals surface area contributed by atoms with Crippen LogP contribution in [0.5, 0.6) is 5.75 Å². The van der Waals surface area contributed by atoms with Gasteiger partial charge in [0.2, 0.25) is 0 Å². The average Bonchev–Trinajstić information content (AvgIpc) is 1.96.